The van der Waals surface area contributed by atoms with Crippen molar-refractivity contribution in [2.75, 3.05) is 46.5 Å². The minimum Gasteiger partial charge on any atom is -0.493 e. The molecular weight excluding hydrogens is 734 g/mol. The molecule has 6 aromatic rings. The van der Waals surface area contributed by atoms with E-state index >= 15 is 0 Å². The molecule has 13 heteroatoms. The van der Waals surface area contributed by atoms with Crippen molar-refractivity contribution in [3.8, 4) is 16.9 Å². The number of fused-ring (bicyclic) bond motifs is 8. The van der Waals surface area contributed by atoms with Crippen molar-refractivity contribution >= 4 is 51.0 Å². The number of carbonyl (C=O) groups is 1. The number of morpholine rings is 1. The largest absolute Gasteiger partial charge is 0.493 e. The van der Waals surface area contributed by atoms with Crippen LogP contribution in [-0.2, 0) is 50.6 Å². The summed E-state index contributed by atoms with van der Waals surface area (Å²) < 4.78 is 18.0. The molecule has 0 atom stereocenters. The molecule has 8 rings (SSSR count). The van der Waals surface area contributed by atoms with Gasteiger partial charge in [-0.2, -0.15) is 10.2 Å². The van der Waals surface area contributed by atoms with E-state index in [1.807, 2.05) is 54.5 Å². The van der Waals surface area contributed by atoms with Gasteiger partial charge in [0.25, 0.3) is 0 Å². The highest BCUT2D eigenvalue weighted by atomic mass is 35.5. The number of benzene rings is 3. The van der Waals surface area contributed by atoms with Gasteiger partial charge in [-0.25, -0.2) is 4.79 Å². The molecule has 1 N–H and O–H groups in total. The molecule has 0 radical (unpaired) electrons. The van der Waals surface area contributed by atoms with Crippen LogP contribution in [0.2, 0.25) is 5.02 Å². The number of thioether (sulfide) groups is 1. The monoisotopic (exact) mass is 781 g/mol. The molecule has 0 saturated carbocycles. The van der Waals surface area contributed by atoms with Gasteiger partial charge in [-0.1, -0.05) is 41.9 Å². The van der Waals surface area contributed by atoms with Crippen LogP contribution in [0.5, 0.6) is 5.75 Å². The number of aromatic nitrogens is 5. The SMILES string of the molecule is Cc1nn(CCCN2CCOCC2)c2c1-c1c(Cl)ccc3c(c(C(=O)O)n(C)c13)CCCOc1cc(cc3ccccc13)SCc1cc(nn1C)CN(C)C2. The Morgan fingerprint density at radius 1 is 0.945 bits per heavy atom. The molecule has 8 bridgehead atoms. The van der Waals surface area contributed by atoms with E-state index in [0.29, 0.717) is 37.6 Å². The number of carboxylic acids is 1. The number of aromatic carboxylic acids is 1. The average molecular weight is 782 g/mol. The first kappa shape index (κ1) is 37.6. The lowest BCUT2D eigenvalue weighted by Gasteiger charge is -2.26. The third-order valence-electron chi connectivity index (χ3n) is 10.9. The number of aryl methyl sites for hydroxylation is 5. The first-order valence-electron chi connectivity index (χ1n) is 19.0. The Balaban J connectivity index is 1.23. The van der Waals surface area contributed by atoms with Gasteiger partial charge in [0, 0.05) is 91.6 Å². The van der Waals surface area contributed by atoms with Gasteiger partial charge in [0.15, 0.2) is 0 Å². The van der Waals surface area contributed by atoms with Crippen LogP contribution < -0.4 is 4.74 Å². The fourth-order valence-electron chi connectivity index (χ4n) is 8.34. The van der Waals surface area contributed by atoms with E-state index in [1.54, 1.807) is 11.8 Å². The molecule has 3 aromatic heterocycles. The lowest BCUT2D eigenvalue weighted by molar-refractivity contribution is 0.0368. The quantitative estimate of drug-likeness (QED) is 0.190. The number of hydrogen-bond acceptors (Lipinski definition) is 8. The van der Waals surface area contributed by atoms with Crippen molar-refractivity contribution in [1.29, 1.82) is 0 Å². The predicted molar refractivity (Wildman–Crippen MR) is 218 cm³/mol. The van der Waals surface area contributed by atoms with Crippen LogP contribution in [0.1, 0.15) is 51.7 Å². The molecule has 5 heterocycles. The summed E-state index contributed by atoms with van der Waals surface area (Å²) in [5, 5.41) is 24.3. The summed E-state index contributed by atoms with van der Waals surface area (Å²) in [7, 11) is 5.97. The zero-order chi connectivity index (χ0) is 38.2. The second kappa shape index (κ2) is 16.0. The molecule has 2 aliphatic heterocycles. The third-order valence-corrected chi connectivity index (χ3v) is 12.3. The van der Waals surface area contributed by atoms with Crippen molar-refractivity contribution in [1.82, 2.24) is 33.9 Å². The van der Waals surface area contributed by atoms with Crippen LogP contribution in [0.15, 0.2) is 59.5 Å². The van der Waals surface area contributed by atoms with Gasteiger partial charge in [0.05, 0.1) is 47.4 Å². The summed E-state index contributed by atoms with van der Waals surface area (Å²) in [6, 6.07) is 18.7. The van der Waals surface area contributed by atoms with Gasteiger partial charge in [0.2, 0.25) is 0 Å². The fourth-order valence-corrected chi connectivity index (χ4v) is 9.58. The van der Waals surface area contributed by atoms with Crippen LogP contribution in [0, 0.1) is 6.92 Å². The molecule has 3 aromatic carbocycles. The topological polar surface area (TPSA) is 103 Å². The molecule has 0 amide bonds. The van der Waals surface area contributed by atoms with Crippen LogP contribution in [-0.4, -0.2) is 91.5 Å². The summed E-state index contributed by atoms with van der Waals surface area (Å²) >= 11 is 8.96. The molecule has 0 aliphatic carbocycles. The number of nitrogens with zero attached hydrogens (tertiary/aromatic N) is 7. The molecule has 288 valence electrons. The lowest BCUT2D eigenvalue weighted by Crippen LogP contribution is -2.37. The number of carboxylic acid groups (broad SMARTS) is 1. The number of halogens is 1. The summed E-state index contributed by atoms with van der Waals surface area (Å²) in [6.45, 7) is 8.84. The van der Waals surface area contributed by atoms with E-state index in [0.717, 1.165) is 123 Å². The van der Waals surface area contributed by atoms with Gasteiger partial charge in [-0.15, -0.1) is 11.8 Å². The number of hydrogen-bond donors (Lipinski definition) is 1. The Kier molecular flexibility index (Phi) is 11.0. The first-order chi connectivity index (χ1) is 26.7. The highest BCUT2D eigenvalue weighted by molar-refractivity contribution is 7.98. The average Bonchev–Trinajstić information content (AvgIpc) is 3.77. The van der Waals surface area contributed by atoms with Crippen molar-refractivity contribution < 1.29 is 19.4 Å². The maximum atomic E-state index is 13.0. The van der Waals surface area contributed by atoms with E-state index in [2.05, 4.69) is 51.9 Å². The Bertz CT molecular complexity index is 2380. The van der Waals surface area contributed by atoms with Crippen molar-refractivity contribution in [3.05, 3.63) is 93.7 Å². The maximum Gasteiger partial charge on any atom is 0.352 e. The highest BCUT2D eigenvalue weighted by Crippen LogP contribution is 2.42. The normalized spacial score (nSPS) is 16.3. The van der Waals surface area contributed by atoms with Gasteiger partial charge in [0.1, 0.15) is 11.4 Å². The van der Waals surface area contributed by atoms with Crippen LogP contribution in [0.25, 0.3) is 32.8 Å². The van der Waals surface area contributed by atoms with Crippen molar-refractivity contribution in [2.45, 2.75) is 56.5 Å². The van der Waals surface area contributed by atoms with Crippen LogP contribution in [0.3, 0.4) is 0 Å². The van der Waals surface area contributed by atoms with Gasteiger partial charge < -0.3 is 19.1 Å². The molecule has 1 saturated heterocycles. The van der Waals surface area contributed by atoms with Gasteiger partial charge in [-0.3, -0.25) is 19.2 Å². The van der Waals surface area contributed by atoms with E-state index in [4.69, 9.17) is 31.3 Å². The van der Waals surface area contributed by atoms with Gasteiger partial charge >= 0.3 is 5.97 Å². The second-order valence-corrected chi connectivity index (χ2v) is 16.2. The van der Waals surface area contributed by atoms with Crippen LogP contribution in [0.4, 0.5) is 0 Å². The summed E-state index contributed by atoms with van der Waals surface area (Å²) in [6.07, 6.45) is 2.11. The highest BCUT2D eigenvalue weighted by Gasteiger charge is 2.28. The number of ether oxygens (including phenoxy) is 2. The molecule has 11 nitrogen and oxygen atoms in total. The summed E-state index contributed by atoms with van der Waals surface area (Å²) in [5.41, 5.74) is 7.67. The third kappa shape index (κ3) is 7.62. The zero-order valence-electron chi connectivity index (χ0n) is 32.0. The molecular formula is C42H48ClN7O4S. The van der Waals surface area contributed by atoms with E-state index < -0.39 is 5.97 Å². The predicted octanol–water partition coefficient (Wildman–Crippen LogP) is 7.56. The van der Waals surface area contributed by atoms with E-state index in [1.165, 1.54) is 0 Å². The molecule has 55 heavy (non-hydrogen) atoms. The van der Waals surface area contributed by atoms with Gasteiger partial charge in [-0.05, 0) is 68.4 Å². The Labute approximate surface area is 330 Å². The van der Waals surface area contributed by atoms with Crippen molar-refractivity contribution in [3.63, 3.8) is 0 Å². The zero-order valence-corrected chi connectivity index (χ0v) is 33.5. The summed E-state index contributed by atoms with van der Waals surface area (Å²) in [4.78, 5) is 18.8. The lowest BCUT2D eigenvalue weighted by atomic mass is 9.97. The molecule has 0 unspecified atom stereocenters. The minimum atomic E-state index is -0.966. The first-order valence-corrected chi connectivity index (χ1v) is 20.4. The van der Waals surface area contributed by atoms with Crippen LogP contribution >= 0.6 is 23.4 Å². The molecule has 2 aliphatic rings. The summed E-state index contributed by atoms with van der Waals surface area (Å²) in [5.74, 6) is 0.627. The van der Waals surface area contributed by atoms with E-state index in [-0.39, 0.29) is 5.69 Å². The number of rotatable bonds is 5. The maximum absolute atomic E-state index is 13.0. The minimum absolute atomic E-state index is 0.268. The van der Waals surface area contributed by atoms with E-state index in [9.17, 15) is 9.90 Å². The molecule has 1 fully saturated rings. The fraction of sp³-hybridized carbons (Fsp3) is 0.405. The Morgan fingerprint density at radius 2 is 1.76 bits per heavy atom. The second-order valence-electron chi connectivity index (χ2n) is 14.8. The standard InChI is InChI=1S/C42H48ClN7O4S/c1-27-38-36(50(44-27)15-8-14-49-16-19-53-20-17-49)25-46(2)24-29-22-30(48(4)45-29)26-55-31-21-28-9-5-6-10-32(28)37(23-31)54-18-7-11-33-34-12-13-35(43)39(38)40(34)47(3)41(33)42(51)52/h5-6,9-10,12-13,21-23H,7-8,11,14-20,24-26H2,1-4H3,(H,51,52). The Hall–Kier alpha value is -4.33. The van der Waals surface area contributed by atoms with Crippen molar-refractivity contribution in [2.24, 2.45) is 14.1 Å². The molecule has 0 spiro atoms. The smallest absolute Gasteiger partial charge is 0.352 e. The Morgan fingerprint density at radius 3 is 2.58 bits per heavy atom.